The number of aliphatic hydroxyl groups excluding tert-OH is 1. The summed E-state index contributed by atoms with van der Waals surface area (Å²) in [5.41, 5.74) is 5.24. The number of aromatic nitrogens is 1. The van der Waals surface area contributed by atoms with E-state index in [1.807, 2.05) is 66.7 Å². The summed E-state index contributed by atoms with van der Waals surface area (Å²) < 4.78 is 0. The van der Waals surface area contributed by atoms with E-state index in [0.717, 1.165) is 46.9 Å². The van der Waals surface area contributed by atoms with Gasteiger partial charge in [0.25, 0.3) is 5.91 Å². The highest BCUT2D eigenvalue weighted by Crippen LogP contribution is 2.25. The number of carbonyl (C=O) groups excluding carboxylic acids is 5. The summed E-state index contributed by atoms with van der Waals surface area (Å²) in [7, 11) is 0. The normalized spacial score (nSPS) is 23.2. The van der Waals surface area contributed by atoms with Gasteiger partial charge < -0.3 is 35.8 Å². The van der Waals surface area contributed by atoms with Gasteiger partial charge in [0.15, 0.2) is 0 Å². The fraction of sp³-hybridized carbons (Fsp3) is 0.359. The number of hydrogen-bond donors (Lipinski definition) is 5. The third kappa shape index (κ3) is 7.51. The molecule has 264 valence electrons. The number of aliphatic hydroxyl groups is 1. The molecule has 0 saturated carbocycles. The second-order valence-electron chi connectivity index (χ2n) is 13.7. The standard InChI is InChI=1S/C39H42N6O6/c46-29-20-34-37(49)43-32(17-24-7-2-1-3-8-24)36(48)40-15-16-44(38(50)27-14-13-25-9-6-10-26(25)18-27)23-35(47)42-33(39(51)45(34)22-29)19-28-21-41-31-12-5-4-11-30(28)31/h1-5,7-8,11-14,18,21,29,32-34,41,46H,6,9-10,15-17,19-20,22-23H2,(H,40,48)(H,42,47)(H,43,49)/t29-,32+,33-,34+/m1/s1. The summed E-state index contributed by atoms with van der Waals surface area (Å²) in [5.74, 6) is -2.51. The average molecular weight is 691 g/mol. The number of benzene rings is 3. The Bertz CT molecular complexity index is 1960. The van der Waals surface area contributed by atoms with Crippen LogP contribution in [0.2, 0.25) is 0 Å². The zero-order valence-corrected chi connectivity index (χ0v) is 28.3. The molecule has 4 atom stereocenters. The number of para-hydroxylation sites is 1. The second kappa shape index (κ2) is 14.8. The van der Waals surface area contributed by atoms with Crippen molar-refractivity contribution in [1.82, 2.24) is 30.7 Å². The van der Waals surface area contributed by atoms with E-state index in [2.05, 4.69) is 20.9 Å². The van der Waals surface area contributed by atoms with E-state index in [1.165, 1.54) is 15.4 Å². The van der Waals surface area contributed by atoms with Crippen molar-refractivity contribution >= 4 is 40.4 Å². The van der Waals surface area contributed by atoms with Gasteiger partial charge in [-0.2, -0.15) is 0 Å². The lowest BCUT2D eigenvalue weighted by molar-refractivity contribution is -0.142. The van der Waals surface area contributed by atoms with E-state index in [-0.39, 0.29) is 51.3 Å². The van der Waals surface area contributed by atoms with E-state index >= 15 is 0 Å². The summed E-state index contributed by atoms with van der Waals surface area (Å²) in [6.45, 7) is -0.436. The van der Waals surface area contributed by atoms with Gasteiger partial charge in [0.2, 0.25) is 23.6 Å². The Morgan fingerprint density at radius 3 is 2.47 bits per heavy atom. The molecule has 3 heterocycles. The molecule has 3 aromatic carbocycles. The molecule has 2 saturated heterocycles. The first-order valence-electron chi connectivity index (χ1n) is 17.6. The van der Waals surface area contributed by atoms with Crippen molar-refractivity contribution in [2.45, 2.75) is 62.8 Å². The summed E-state index contributed by atoms with van der Waals surface area (Å²) in [5, 5.41) is 20.2. The Kier molecular flexibility index (Phi) is 9.85. The van der Waals surface area contributed by atoms with Gasteiger partial charge in [0.1, 0.15) is 18.1 Å². The van der Waals surface area contributed by atoms with Gasteiger partial charge in [-0.25, -0.2) is 0 Å². The van der Waals surface area contributed by atoms with Crippen LogP contribution in [-0.4, -0.2) is 99.8 Å². The van der Waals surface area contributed by atoms with Crippen molar-refractivity contribution in [2.75, 3.05) is 26.2 Å². The van der Waals surface area contributed by atoms with Gasteiger partial charge in [0.05, 0.1) is 12.6 Å². The molecule has 51 heavy (non-hydrogen) atoms. The first kappa shape index (κ1) is 34.0. The molecule has 12 nitrogen and oxygen atoms in total. The lowest BCUT2D eigenvalue weighted by Crippen LogP contribution is -2.57. The van der Waals surface area contributed by atoms with Crippen LogP contribution in [0.4, 0.5) is 0 Å². The van der Waals surface area contributed by atoms with Gasteiger partial charge in [-0.15, -0.1) is 0 Å². The first-order valence-corrected chi connectivity index (χ1v) is 17.6. The fourth-order valence-electron chi connectivity index (χ4n) is 7.54. The molecule has 2 fully saturated rings. The van der Waals surface area contributed by atoms with E-state index in [1.54, 1.807) is 12.3 Å². The molecule has 12 heteroatoms. The topological polar surface area (TPSA) is 164 Å². The number of amides is 5. The third-order valence-electron chi connectivity index (χ3n) is 10.2. The zero-order valence-electron chi connectivity index (χ0n) is 28.3. The number of aromatic amines is 1. The average Bonchev–Trinajstić information content (AvgIpc) is 3.88. The first-order chi connectivity index (χ1) is 24.7. The number of rotatable bonds is 5. The Balaban J connectivity index is 1.22. The number of hydrogen-bond acceptors (Lipinski definition) is 6. The molecule has 5 amide bonds. The molecule has 0 radical (unpaired) electrons. The quantitative estimate of drug-likeness (QED) is 0.214. The molecule has 7 rings (SSSR count). The second-order valence-corrected chi connectivity index (χ2v) is 13.7. The molecule has 0 unspecified atom stereocenters. The minimum absolute atomic E-state index is 0.0169. The Labute approximate surface area is 295 Å². The van der Waals surface area contributed by atoms with Crippen LogP contribution in [0.25, 0.3) is 10.9 Å². The molecular formula is C39H42N6O6. The predicted molar refractivity (Wildman–Crippen MR) is 190 cm³/mol. The lowest BCUT2D eigenvalue weighted by Gasteiger charge is -2.30. The maximum Gasteiger partial charge on any atom is 0.254 e. The summed E-state index contributed by atoms with van der Waals surface area (Å²) in [6, 6.07) is 19.3. The molecule has 0 spiro atoms. The highest BCUT2D eigenvalue weighted by atomic mass is 16.3. The summed E-state index contributed by atoms with van der Waals surface area (Å²) in [6.07, 6.45) is 3.94. The van der Waals surface area contributed by atoms with Crippen LogP contribution in [0, 0.1) is 0 Å². The highest BCUT2D eigenvalue weighted by molar-refractivity contribution is 5.99. The van der Waals surface area contributed by atoms with Crippen molar-refractivity contribution in [3.8, 4) is 0 Å². The van der Waals surface area contributed by atoms with E-state index in [9.17, 15) is 29.1 Å². The van der Waals surface area contributed by atoms with E-state index in [4.69, 9.17) is 0 Å². The predicted octanol–water partition coefficient (Wildman–Crippen LogP) is 1.65. The minimum atomic E-state index is -1.11. The number of carbonyl (C=O) groups is 5. The van der Waals surface area contributed by atoms with Crippen LogP contribution in [-0.2, 0) is 44.9 Å². The molecule has 1 aliphatic carbocycles. The van der Waals surface area contributed by atoms with Crippen molar-refractivity contribution in [3.05, 3.63) is 107 Å². The Morgan fingerprint density at radius 1 is 0.843 bits per heavy atom. The van der Waals surface area contributed by atoms with Crippen molar-refractivity contribution in [2.24, 2.45) is 0 Å². The molecule has 3 aliphatic rings. The number of fused-ring (bicyclic) bond motifs is 3. The molecule has 4 aromatic rings. The number of nitrogens with one attached hydrogen (secondary N) is 4. The van der Waals surface area contributed by atoms with E-state index < -0.39 is 47.9 Å². The van der Waals surface area contributed by atoms with Crippen LogP contribution in [0.3, 0.4) is 0 Å². The lowest BCUT2D eigenvalue weighted by atomic mass is 10.0. The van der Waals surface area contributed by atoms with Crippen molar-refractivity contribution < 1.29 is 29.1 Å². The SMILES string of the molecule is O=C1CN(C(=O)c2ccc3c(c2)CCC3)CCNC(=O)[C@H](Cc2ccccc2)NC(=O)[C@@H]2C[C@@H](O)CN2C(=O)[C@@H](Cc2c[nH]c3ccccc23)N1. The smallest absolute Gasteiger partial charge is 0.254 e. The van der Waals surface area contributed by atoms with E-state index in [0.29, 0.717) is 5.56 Å². The molecule has 0 bridgehead atoms. The van der Waals surface area contributed by atoms with Crippen molar-refractivity contribution in [3.63, 3.8) is 0 Å². The number of aryl methyl sites for hydroxylation is 2. The molecule has 2 aliphatic heterocycles. The van der Waals surface area contributed by atoms with Gasteiger partial charge in [-0.05, 0) is 59.7 Å². The van der Waals surface area contributed by atoms with Crippen LogP contribution >= 0.6 is 0 Å². The largest absolute Gasteiger partial charge is 0.391 e. The van der Waals surface area contributed by atoms with Gasteiger partial charge in [0, 0.05) is 61.6 Å². The molecule has 5 N–H and O–H groups in total. The van der Waals surface area contributed by atoms with Gasteiger partial charge in [-0.1, -0.05) is 54.6 Å². The highest BCUT2D eigenvalue weighted by Gasteiger charge is 2.43. The summed E-state index contributed by atoms with van der Waals surface area (Å²) in [4.78, 5) is 75.6. The van der Waals surface area contributed by atoms with Gasteiger partial charge in [-0.3, -0.25) is 24.0 Å². The summed E-state index contributed by atoms with van der Waals surface area (Å²) >= 11 is 0. The van der Waals surface area contributed by atoms with Gasteiger partial charge >= 0.3 is 0 Å². The number of H-pyrrole nitrogens is 1. The van der Waals surface area contributed by atoms with Crippen LogP contribution in [0.15, 0.2) is 79.0 Å². The Hall–Kier alpha value is -5.49. The number of nitrogens with zero attached hydrogens (tertiary/aromatic N) is 2. The van der Waals surface area contributed by atoms with Crippen LogP contribution in [0.1, 0.15) is 45.5 Å². The third-order valence-corrected chi connectivity index (χ3v) is 10.2. The zero-order chi connectivity index (χ0) is 35.5. The van der Waals surface area contributed by atoms with Crippen LogP contribution in [0.5, 0.6) is 0 Å². The maximum absolute atomic E-state index is 14.4. The minimum Gasteiger partial charge on any atom is -0.391 e. The van der Waals surface area contributed by atoms with Crippen molar-refractivity contribution in [1.29, 1.82) is 0 Å². The molecule has 1 aromatic heterocycles. The van der Waals surface area contributed by atoms with Crippen LogP contribution < -0.4 is 16.0 Å². The Morgan fingerprint density at radius 2 is 1.63 bits per heavy atom. The fourth-order valence-corrected chi connectivity index (χ4v) is 7.54. The molecular weight excluding hydrogens is 648 g/mol. The maximum atomic E-state index is 14.4. The monoisotopic (exact) mass is 690 g/mol.